The van der Waals surface area contributed by atoms with Gasteiger partial charge in [0.2, 0.25) is 5.88 Å². The highest BCUT2D eigenvalue weighted by atomic mass is 19.3. The fourth-order valence-corrected chi connectivity index (χ4v) is 2.98. The molecule has 0 saturated heterocycles. The Kier molecular flexibility index (Phi) is 5.70. The van der Waals surface area contributed by atoms with E-state index in [4.69, 9.17) is 4.74 Å². The number of nitrogens with one attached hydrogen (secondary N) is 1. The van der Waals surface area contributed by atoms with Gasteiger partial charge in [-0.05, 0) is 31.7 Å². The van der Waals surface area contributed by atoms with Gasteiger partial charge < -0.3 is 14.8 Å². The number of nitrogens with zero attached hydrogens (tertiary/aromatic N) is 2. The summed E-state index contributed by atoms with van der Waals surface area (Å²) < 4.78 is 36.1. The van der Waals surface area contributed by atoms with E-state index >= 15 is 0 Å². The highest BCUT2D eigenvalue weighted by molar-refractivity contribution is 5.92. The molecule has 26 heavy (non-hydrogen) atoms. The van der Waals surface area contributed by atoms with Crippen LogP contribution in [0.2, 0.25) is 0 Å². The summed E-state index contributed by atoms with van der Waals surface area (Å²) >= 11 is 0. The number of para-hydroxylation sites is 1. The molecule has 1 saturated carbocycles. The van der Waals surface area contributed by atoms with E-state index in [9.17, 15) is 13.6 Å². The number of benzene rings is 1. The van der Waals surface area contributed by atoms with Gasteiger partial charge in [-0.15, -0.1) is 0 Å². The van der Waals surface area contributed by atoms with E-state index < -0.39 is 12.5 Å². The first-order valence-electron chi connectivity index (χ1n) is 8.54. The number of carbonyl (C=O) groups is 1. The van der Waals surface area contributed by atoms with Gasteiger partial charge in [0.1, 0.15) is 5.75 Å². The number of hydrogen-bond acceptors (Lipinski definition) is 4. The van der Waals surface area contributed by atoms with Gasteiger partial charge in [0.15, 0.2) is 5.69 Å². The van der Waals surface area contributed by atoms with Gasteiger partial charge in [0.25, 0.3) is 5.91 Å². The Bertz CT molecular complexity index is 758. The summed E-state index contributed by atoms with van der Waals surface area (Å²) in [6.07, 6.45) is 4.65. The number of alkyl halides is 2. The van der Waals surface area contributed by atoms with Crippen molar-refractivity contribution in [2.75, 3.05) is 0 Å². The zero-order valence-corrected chi connectivity index (χ0v) is 14.5. The van der Waals surface area contributed by atoms with Gasteiger partial charge in [-0.2, -0.15) is 13.9 Å². The quantitative estimate of drug-likeness (QED) is 0.818. The first-order chi connectivity index (χ1) is 12.5. The second kappa shape index (κ2) is 8.16. The van der Waals surface area contributed by atoms with E-state index in [1.807, 2.05) is 24.3 Å². The van der Waals surface area contributed by atoms with E-state index in [2.05, 4.69) is 15.2 Å². The summed E-state index contributed by atoms with van der Waals surface area (Å²) in [5.41, 5.74) is 0.866. The zero-order chi connectivity index (χ0) is 18.5. The summed E-state index contributed by atoms with van der Waals surface area (Å²) in [6.45, 7) is -2.72. The molecule has 1 aromatic heterocycles. The number of carbonyl (C=O) groups excluding carboxylic acids is 1. The van der Waals surface area contributed by atoms with Crippen molar-refractivity contribution in [1.29, 1.82) is 0 Å². The van der Waals surface area contributed by atoms with E-state index in [1.165, 1.54) is 26.0 Å². The highest BCUT2D eigenvalue weighted by Gasteiger charge is 2.19. The van der Waals surface area contributed by atoms with Crippen molar-refractivity contribution >= 4 is 5.91 Å². The maximum Gasteiger partial charge on any atom is 0.388 e. The molecule has 2 aromatic rings. The molecule has 0 radical (unpaired) electrons. The largest absolute Gasteiger partial charge is 0.490 e. The Balaban J connectivity index is 1.62. The lowest BCUT2D eigenvalue weighted by Crippen LogP contribution is -2.24. The molecule has 0 bridgehead atoms. The molecule has 3 rings (SSSR count). The SMILES string of the molecule is Cn1nc(C(=O)NCc2ccccc2OC2CCCC2)cc1OC(F)F. The summed E-state index contributed by atoms with van der Waals surface area (Å²) in [6, 6.07) is 8.71. The Morgan fingerprint density at radius 2 is 2.08 bits per heavy atom. The molecule has 1 N–H and O–H groups in total. The average molecular weight is 365 g/mol. The molecule has 140 valence electrons. The highest BCUT2D eigenvalue weighted by Crippen LogP contribution is 2.26. The topological polar surface area (TPSA) is 65.4 Å². The maximum atomic E-state index is 12.3. The Labute approximate surface area is 150 Å². The standard InChI is InChI=1S/C18H21F2N3O3/c1-23-16(26-18(19)20)10-14(22-23)17(24)21-11-12-6-2-5-9-15(12)25-13-7-3-4-8-13/h2,5-6,9-10,13,18H,3-4,7-8,11H2,1H3,(H,21,24). The minimum absolute atomic E-state index is 0.0114. The molecular weight excluding hydrogens is 344 g/mol. The lowest BCUT2D eigenvalue weighted by atomic mass is 10.2. The molecule has 6 nitrogen and oxygen atoms in total. The normalized spacial score (nSPS) is 14.6. The third-order valence-electron chi connectivity index (χ3n) is 4.29. The van der Waals surface area contributed by atoms with Crippen LogP contribution in [0.4, 0.5) is 8.78 Å². The molecule has 0 unspecified atom stereocenters. The number of ether oxygens (including phenoxy) is 2. The monoisotopic (exact) mass is 365 g/mol. The summed E-state index contributed by atoms with van der Waals surface area (Å²) in [7, 11) is 1.43. The van der Waals surface area contributed by atoms with E-state index in [0.717, 1.165) is 28.8 Å². The lowest BCUT2D eigenvalue weighted by molar-refractivity contribution is -0.0553. The van der Waals surface area contributed by atoms with Crippen LogP contribution in [0.25, 0.3) is 0 Å². The number of hydrogen-bond donors (Lipinski definition) is 1. The molecule has 1 heterocycles. The molecule has 0 spiro atoms. The average Bonchev–Trinajstić information content (AvgIpc) is 3.24. The van der Waals surface area contributed by atoms with Crippen LogP contribution < -0.4 is 14.8 Å². The van der Waals surface area contributed by atoms with Crippen molar-refractivity contribution in [3.05, 3.63) is 41.6 Å². The summed E-state index contributed by atoms with van der Waals surface area (Å²) in [5.74, 6) is 0.109. The molecule has 0 atom stereocenters. The minimum Gasteiger partial charge on any atom is -0.490 e. The lowest BCUT2D eigenvalue weighted by Gasteiger charge is -2.16. The third-order valence-corrected chi connectivity index (χ3v) is 4.29. The van der Waals surface area contributed by atoms with E-state index in [0.29, 0.717) is 0 Å². The number of halogens is 2. The second-order valence-electron chi connectivity index (χ2n) is 6.18. The van der Waals surface area contributed by atoms with Crippen molar-refractivity contribution in [3.8, 4) is 11.6 Å². The van der Waals surface area contributed by atoms with E-state index in [-0.39, 0.29) is 24.2 Å². The Morgan fingerprint density at radius 1 is 1.35 bits per heavy atom. The van der Waals surface area contributed by atoms with Crippen molar-refractivity contribution in [3.63, 3.8) is 0 Å². The van der Waals surface area contributed by atoms with Crippen LogP contribution in [-0.2, 0) is 13.6 Å². The molecule has 0 aliphatic heterocycles. The molecule has 1 aliphatic carbocycles. The van der Waals surface area contributed by atoms with Gasteiger partial charge in [0.05, 0.1) is 6.10 Å². The molecule has 1 amide bonds. The van der Waals surface area contributed by atoms with E-state index in [1.54, 1.807) is 0 Å². The van der Waals surface area contributed by atoms with Crippen LogP contribution in [0.15, 0.2) is 30.3 Å². The molecule has 1 aromatic carbocycles. The van der Waals surface area contributed by atoms with Crippen molar-refractivity contribution in [2.24, 2.45) is 7.05 Å². The molecular formula is C18H21F2N3O3. The maximum absolute atomic E-state index is 12.3. The smallest absolute Gasteiger partial charge is 0.388 e. The van der Waals surface area contributed by atoms with Crippen molar-refractivity contribution < 1.29 is 23.0 Å². The second-order valence-corrected chi connectivity index (χ2v) is 6.18. The predicted octanol–water partition coefficient (Wildman–Crippen LogP) is 3.27. The third kappa shape index (κ3) is 4.50. The number of aromatic nitrogens is 2. The van der Waals surface area contributed by atoms with Crippen LogP contribution >= 0.6 is 0 Å². The van der Waals surface area contributed by atoms with Gasteiger partial charge in [0, 0.05) is 25.2 Å². The number of aryl methyl sites for hydroxylation is 1. The van der Waals surface area contributed by atoms with Gasteiger partial charge >= 0.3 is 6.61 Å². The zero-order valence-electron chi connectivity index (χ0n) is 14.5. The van der Waals surface area contributed by atoms with Crippen LogP contribution in [0.1, 0.15) is 41.7 Å². The van der Waals surface area contributed by atoms with Gasteiger partial charge in [-0.25, -0.2) is 4.68 Å². The molecule has 1 fully saturated rings. The fourth-order valence-electron chi connectivity index (χ4n) is 2.98. The van der Waals surface area contributed by atoms with Crippen LogP contribution in [0.3, 0.4) is 0 Å². The predicted molar refractivity (Wildman–Crippen MR) is 90.3 cm³/mol. The number of amides is 1. The Hall–Kier alpha value is -2.64. The van der Waals surface area contributed by atoms with Crippen molar-refractivity contribution in [1.82, 2.24) is 15.1 Å². The van der Waals surface area contributed by atoms with Gasteiger partial charge in [-0.3, -0.25) is 4.79 Å². The Morgan fingerprint density at radius 3 is 2.81 bits per heavy atom. The summed E-state index contributed by atoms with van der Waals surface area (Å²) in [5, 5.41) is 6.63. The first-order valence-corrected chi connectivity index (χ1v) is 8.54. The van der Waals surface area contributed by atoms with Gasteiger partial charge in [-0.1, -0.05) is 18.2 Å². The van der Waals surface area contributed by atoms with Crippen LogP contribution in [-0.4, -0.2) is 28.4 Å². The van der Waals surface area contributed by atoms with Crippen LogP contribution in [0, 0.1) is 0 Å². The minimum atomic E-state index is -2.97. The first kappa shape index (κ1) is 18.2. The molecule has 1 aliphatic rings. The summed E-state index contributed by atoms with van der Waals surface area (Å²) in [4.78, 5) is 12.3. The van der Waals surface area contributed by atoms with Crippen LogP contribution in [0.5, 0.6) is 11.6 Å². The molecule has 8 heteroatoms. The van der Waals surface area contributed by atoms with Crippen molar-refractivity contribution in [2.45, 2.75) is 44.9 Å². The fraction of sp³-hybridized carbons (Fsp3) is 0.444. The number of rotatable bonds is 7.